The fourth-order valence-electron chi connectivity index (χ4n) is 5.04. The van der Waals surface area contributed by atoms with Gasteiger partial charge in [0.25, 0.3) is 5.91 Å². The van der Waals surface area contributed by atoms with Crippen molar-refractivity contribution >= 4 is 64.1 Å². The third kappa shape index (κ3) is 11.5. The molecule has 0 bridgehead atoms. The van der Waals surface area contributed by atoms with Crippen LogP contribution < -0.4 is 27.8 Å². The lowest BCUT2D eigenvalue weighted by Gasteiger charge is -2.29. The summed E-state index contributed by atoms with van der Waals surface area (Å²) in [5.41, 5.74) is 18.0. The minimum Gasteiger partial charge on any atom is -0.370 e. The van der Waals surface area contributed by atoms with Gasteiger partial charge in [0.05, 0.1) is 5.69 Å². The van der Waals surface area contributed by atoms with Crippen LogP contribution in [0.25, 0.3) is 5.69 Å². The second-order valence-corrected chi connectivity index (χ2v) is 13.4. The maximum absolute atomic E-state index is 13.7. The molecule has 2 aromatic heterocycles. The fraction of sp³-hybridized carbons (Fsp3) is 0.452. The van der Waals surface area contributed by atoms with E-state index in [2.05, 4.69) is 25.7 Å². The number of halogens is 2. The Bertz CT molecular complexity index is 1590. The molecule has 14 nitrogen and oxygen atoms in total. The van der Waals surface area contributed by atoms with Crippen LogP contribution in [0.5, 0.6) is 0 Å². The monoisotopic (exact) mass is 720 g/mol. The van der Waals surface area contributed by atoms with E-state index in [4.69, 9.17) is 40.4 Å². The van der Waals surface area contributed by atoms with Crippen molar-refractivity contribution in [2.24, 2.45) is 28.1 Å². The number of amides is 4. The molecule has 0 saturated carbocycles. The highest BCUT2D eigenvalue weighted by Crippen LogP contribution is 2.22. The zero-order valence-electron chi connectivity index (χ0n) is 27.3. The van der Waals surface area contributed by atoms with Gasteiger partial charge in [0.15, 0.2) is 5.96 Å². The molecule has 4 amide bonds. The van der Waals surface area contributed by atoms with E-state index >= 15 is 0 Å². The first-order valence-electron chi connectivity index (χ1n) is 15.3. The SMILES string of the molecule is Cc1nc(C(=O)N[C@@H](CCCN=C(N)N)C(=O)NC(CC(=O)N(C)C(Cc2ccsc2)C(N)=O)CC(C)C)nn1-c1cc(Cl)cc(Cl)c1. The number of nitrogens with zero attached hydrogens (tertiary/aromatic N) is 5. The molecule has 0 radical (unpaired) electrons. The van der Waals surface area contributed by atoms with Crippen molar-refractivity contribution in [1.29, 1.82) is 0 Å². The number of guanidine groups is 1. The number of likely N-dealkylation sites (N-methyl/N-ethyl adjacent to an activating group) is 1. The number of benzene rings is 1. The normalized spacial score (nSPS) is 13.0. The fourth-order valence-corrected chi connectivity index (χ4v) is 6.24. The van der Waals surface area contributed by atoms with Crippen LogP contribution in [-0.2, 0) is 20.8 Å². The Hall–Kier alpha value is -4.21. The quantitative estimate of drug-likeness (QED) is 0.0791. The number of thiophene rings is 1. The van der Waals surface area contributed by atoms with Gasteiger partial charge < -0.3 is 32.7 Å². The average Bonchev–Trinajstić information content (AvgIpc) is 3.65. The topological polar surface area (TPSA) is 217 Å². The van der Waals surface area contributed by atoms with Crippen LogP contribution >= 0.6 is 34.5 Å². The minimum atomic E-state index is -1.04. The number of aryl methyl sites for hydroxylation is 1. The Balaban J connectivity index is 1.79. The molecule has 2 unspecified atom stereocenters. The predicted molar refractivity (Wildman–Crippen MR) is 187 cm³/mol. The molecule has 0 aliphatic heterocycles. The molecular formula is C31H42Cl2N10O4S. The first-order valence-corrected chi connectivity index (χ1v) is 17.0. The van der Waals surface area contributed by atoms with Gasteiger partial charge in [-0.3, -0.25) is 24.2 Å². The van der Waals surface area contributed by atoms with E-state index in [-0.39, 0.29) is 49.4 Å². The number of aliphatic imine (C=N–C) groups is 1. The molecule has 3 aromatic rings. The van der Waals surface area contributed by atoms with Gasteiger partial charge in [0.2, 0.25) is 23.5 Å². The molecule has 260 valence electrons. The summed E-state index contributed by atoms with van der Waals surface area (Å²) in [7, 11) is 1.52. The standard InChI is InChI=1S/C31H42Cl2N10O4S/c1-17(2)10-22(15-26(44)42(4)25(27(34)45)11-19-7-9-48-16-19)39-29(46)24(6-5-8-37-31(35)36)40-30(47)28-38-18(3)43(41-28)23-13-20(32)12-21(33)14-23/h7,9,12-14,16-17,22,24-25H,5-6,8,10-11,15H2,1-4H3,(H2,34,45)(H,39,46)(H,40,47)(H4,35,36,37)/t22?,24-,25?/m0/s1. The lowest BCUT2D eigenvalue weighted by Crippen LogP contribution is -2.52. The highest BCUT2D eigenvalue weighted by atomic mass is 35.5. The van der Waals surface area contributed by atoms with Crippen molar-refractivity contribution < 1.29 is 19.2 Å². The maximum Gasteiger partial charge on any atom is 0.291 e. The van der Waals surface area contributed by atoms with Crippen molar-refractivity contribution in [2.75, 3.05) is 13.6 Å². The van der Waals surface area contributed by atoms with E-state index in [1.54, 1.807) is 25.1 Å². The molecule has 17 heteroatoms. The lowest BCUT2D eigenvalue weighted by atomic mass is 9.98. The van der Waals surface area contributed by atoms with E-state index in [1.807, 2.05) is 30.7 Å². The molecule has 0 aliphatic rings. The van der Waals surface area contributed by atoms with Crippen molar-refractivity contribution in [3.05, 3.63) is 62.3 Å². The second kappa shape index (κ2) is 17.8. The van der Waals surface area contributed by atoms with Crippen LogP contribution in [0, 0.1) is 12.8 Å². The smallest absolute Gasteiger partial charge is 0.291 e. The molecule has 8 N–H and O–H groups in total. The molecule has 3 rings (SSSR count). The summed E-state index contributed by atoms with van der Waals surface area (Å²) >= 11 is 13.8. The Morgan fingerprint density at radius 1 is 1.08 bits per heavy atom. The van der Waals surface area contributed by atoms with E-state index in [0.717, 1.165) is 5.56 Å². The molecule has 0 spiro atoms. The van der Waals surface area contributed by atoms with Crippen LogP contribution in [0.4, 0.5) is 0 Å². The number of nitrogens with two attached hydrogens (primary N) is 3. The van der Waals surface area contributed by atoms with Gasteiger partial charge in [-0.15, -0.1) is 5.10 Å². The van der Waals surface area contributed by atoms with Gasteiger partial charge >= 0.3 is 0 Å². The number of hydrogen-bond acceptors (Lipinski definition) is 8. The predicted octanol–water partition coefficient (Wildman–Crippen LogP) is 2.57. The van der Waals surface area contributed by atoms with Gasteiger partial charge in [0, 0.05) is 42.5 Å². The highest BCUT2D eigenvalue weighted by molar-refractivity contribution is 7.07. The summed E-state index contributed by atoms with van der Waals surface area (Å²) in [6.45, 7) is 5.80. The summed E-state index contributed by atoms with van der Waals surface area (Å²) < 4.78 is 1.42. The Labute approximate surface area is 293 Å². The van der Waals surface area contributed by atoms with Gasteiger partial charge in [-0.2, -0.15) is 11.3 Å². The maximum atomic E-state index is 13.7. The van der Waals surface area contributed by atoms with Gasteiger partial charge in [-0.05, 0) is 72.7 Å². The van der Waals surface area contributed by atoms with Gasteiger partial charge in [0.1, 0.15) is 17.9 Å². The third-order valence-corrected chi connectivity index (χ3v) is 8.52. The van der Waals surface area contributed by atoms with Crippen molar-refractivity contribution in [2.45, 2.75) is 71.0 Å². The first-order chi connectivity index (χ1) is 22.6. The van der Waals surface area contributed by atoms with E-state index in [9.17, 15) is 19.2 Å². The number of aromatic nitrogens is 3. The number of rotatable bonds is 17. The largest absolute Gasteiger partial charge is 0.370 e. The summed E-state index contributed by atoms with van der Waals surface area (Å²) in [5, 5.41) is 14.5. The first kappa shape index (κ1) is 38.2. The second-order valence-electron chi connectivity index (χ2n) is 11.8. The Morgan fingerprint density at radius 2 is 1.77 bits per heavy atom. The Kier molecular flexibility index (Phi) is 14.2. The average molecular weight is 722 g/mol. The summed E-state index contributed by atoms with van der Waals surface area (Å²) in [5.74, 6) is -1.98. The van der Waals surface area contributed by atoms with Crippen molar-refractivity contribution in [1.82, 2.24) is 30.3 Å². The molecule has 1 aromatic carbocycles. The number of primary amides is 1. The third-order valence-electron chi connectivity index (χ3n) is 7.35. The van der Waals surface area contributed by atoms with Gasteiger partial charge in [-0.25, -0.2) is 9.67 Å². The zero-order chi connectivity index (χ0) is 35.5. The molecule has 0 saturated heterocycles. The van der Waals surface area contributed by atoms with Crippen molar-refractivity contribution in [3.63, 3.8) is 0 Å². The molecular weight excluding hydrogens is 679 g/mol. The number of carbonyl (C=O) groups is 4. The van der Waals surface area contributed by atoms with Crippen LogP contribution in [0.2, 0.25) is 10.0 Å². The lowest BCUT2D eigenvalue weighted by molar-refractivity contribution is -0.138. The molecule has 3 atom stereocenters. The molecule has 2 heterocycles. The number of nitrogens with one attached hydrogen (secondary N) is 2. The van der Waals surface area contributed by atoms with E-state index in [0.29, 0.717) is 34.4 Å². The number of hydrogen-bond donors (Lipinski definition) is 5. The summed E-state index contributed by atoms with van der Waals surface area (Å²) in [6.07, 6.45) is 1.18. The van der Waals surface area contributed by atoms with Crippen LogP contribution in [0.1, 0.15) is 61.5 Å². The summed E-state index contributed by atoms with van der Waals surface area (Å²) in [4.78, 5) is 62.4. The van der Waals surface area contributed by atoms with Gasteiger partial charge in [-0.1, -0.05) is 37.0 Å². The van der Waals surface area contributed by atoms with Crippen molar-refractivity contribution in [3.8, 4) is 5.69 Å². The van der Waals surface area contributed by atoms with E-state index < -0.39 is 35.8 Å². The summed E-state index contributed by atoms with van der Waals surface area (Å²) in [6, 6.07) is 4.18. The van der Waals surface area contributed by atoms with E-state index in [1.165, 1.54) is 28.0 Å². The Morgan fingerprint density at radius 3 is 2.35 bits per heavy atom. The van der Waals surface area contributed by atoms with Crippen LogP contribution in [0.3, 0.4) is 0 Å². The minimum absolute atomic E-state index is 0.0874. The van der Waals surface area contributed by atoms with Crippen LogP contribution in [-0.4, -0.2) is 81.0 Å². The zero-order valence-corrected chi connectivity index (χ0v) is 29.6. The molecule has 48 heavy (non-hydrogen) atoms. The number of carbonyl (C=O) groups excluding carboxylic acids is 4. The van der Waals surface area contributed by atoms with Crippen LogP contribution in [0.15, 0.2) is 40.0 Å². The molecule has 0 aliphatic carbocycles. The highest BCUT2D eigenvalue weighted by Gasteiger charge is 2.30. The molecule has 0 fully saturated rings.